The number of methoxy groups -OCH3 is 2. The minimum Gasteiger partial charge on any atom is -0.497 e. The van der Waals surface area contributed by atoms with Crippen molar-refractivity contribution < 1.29 is 9.47 Å². The van der Waals surface area contributed by atoms with Crippen molar-refractivity contribution in [2.75, 3.05) is 14.2 Å². The van der Waals surface area contributed by atoms with Crippen LogP contribution in [-0.4, -0.2) is 24.2 Å². The molecule has 0 bridgehead atoms. The number of hydrogen-bond acceptors (Lipinski definition) is 5. The second-order valence-corrected chi connectivity index (χ2v) is 4.44. The van der Waals surface area contributed by atoms with Crippen LogP contribution in [-0.2, 0) is 6.42 Å². The molecule has 2 rings (SSSR count). The van der Waals surface area contributed by atoms with E-state index in [4.69, 9.17) is 15.2 Å². The van der Waals surface area contributed by atoms with Gasteiger partial charge in [-0.15, -0.1) is 0 Å². The molecule has 0 aliphatic heterocycles. The molecule has 1 aromatic heterocycles. The van der Waals surface area contributed by atoms with Gasteiger partial charge in [-0.3, -0.25) is 4.98 Å². The summed E-state index contributed by atoms with van der Waals surface area (Å²) in [4.78, 5) is 8.37. The molecule has 1 atom stereocenters. The summed E-state index contributed by atoms with van der Waals surface area (Å²) in [7, 11) is 3.23. The van der Waals surface area contributed by atoms with E-state index in [2.05, 4.69) is 9.97 Å². The summed E-state index contributed by atoms with van der Waals surface area (Å²) >= 11 is 0. The van der Waals surface area contributed by atoms with Gasteiger partial charge in [-0.25, -0.2) is 4.98 Å². The van der Waals surface area contributed by atoms with Crippen molar-refractivity contribution in [3.8, 4) is 11.6 Å². The Kier molecular flexibility index (Phi) is 4.90. The number of aromatic nitrogens is 2. The van der Waals surface area contributed by atoms with Crippen LogP contribution in [0.5, 0.6) is 11.6 Å². The number of nitrogens with two attached hydrogens (primary N) is 1. The van der Waals surface area contributed by atoms with Crippen LogP contribution >= 0.6 is 0 Å². The van der Waals surface area contributed by atoms with Crippen molar-refractivity contribution in [3.05, 3.63) is 47.9 Å². The number of rotatable bonds is 6. The molecule has 5 heteroatoms. The standard InChI is InChI=1S/C15H19N3O2/c1-19-12-6-3-11(4-7-12)5-8-13(16)14-15(20-2)18-10-9-17-14/h3-4,6-7,9-10,13H,5,8,16H2,1-2H3. The summed E-state index contributed by atoms with van der Waals surface area (Å²) in [5.41, 5.74) is 8.08. The van der Waals surface area contributed by atoms with Crippen molar-refractivity contribution in [2.45, 2.75) is 18.9 Å². The van der Waals surface area contributed by atoms with Crippen molar-refractivity contribution in [1.82, 2.24) is 9.97 Å². The lowest BCUT2D eigenvalue weighted by atomic mass is 10.0. The highest BCUT2D eigenvalue weighted by Gasteiger charge is 2.14. The second kappa shape index (κ2) is 6.86. The van der Waals surface area contributed by atoms with E-state index in [9.17, 15) is 0 Å². The van der Waals surface area contributed by atoms with Gasteiger partial charge in [-0.2, -0.15) is 0 Å². The summed E-state index contributed by atoms with van der Waals surface area (Å²) in [6.45, 7) is 0. The third-order valence-corrected chi connectivity index (χ3v) is 3.14. The smallest absolute Gasteiger partial charge is 0.236 e. The quantitative estimate of drug-likeness (QED) is 0.873. The van der Waals surface area contributed by atoms with Crippen molar-refractivity contribution in [2.24, 2.45) is 5.73 Å². The van der Waals surface area contributed by atoms with Gasteiger partial charge in [-0.1, -0.05) is 12.1 Å². The molecule has 0 radical (unpaired) electrons. The van der Waals surface area contributed by atoms with Crippen LogP contribution in [0.25, 0.3) is 0 Å². The summed E-state index contributed by atoms with van der Waals surface area (Å²) in [5, 5.41) is 0. The number of benzene rings is 1. The van der Waals surface area contributed by atoms with Crippen molar-refractivity contribution >= 4 is 0 Å². The molecule has 0 amide bonds. The summed E-state index contributed by atoms with van der Waals surface area (Å²) < 4.78 is 10.3. The molecular weight excluding hydrogens is 254 g/mol. The molecule has 0 aliphatic rings. The molecule has 0 saturated carbocycles. The lowest BCUT2D eigenvalue weighted by Gasteiger charge is -2.13. The van der Waals surface area contributed by atoms with E-state index in [1.54, 1.807) is 26.6 Å². The van der Waals surface area contributed by atoms with E-state index in [1.807, 2.05) is 24.3 Å². The summed E-state index contributed by atoms with van der Waals surface area (Å²) in [6.07, 6.45) is 4.87. The Morgan fingerprint density at radius 2 is 1.75 bits per heavy atom. The lowest BCUT2D eigenvalue weighted by molar-refractivity contribution is 0.383. The molecule has 0 saturated heterocycles. The van der Waals surface area contributed by atoms with E-state index in [-0.39, 0.29) is 6.04 Å². The fourth-order valence-corrected chi connectivity index (χ4v) is 2.00. The molecular formula is C15H19N3O2. The van der Waals surface area contributed by atoms with Gasteiger partial charge in [0.25, 0.3) is 0 Å². The highest BCUT2D eigenvalue weighted by atomic mass is 16.5. The number of hydrogen-bond donors (Lipinski definition) is 1. The predicted molar refractivity (Wildman–Crippen MR) is 76.8 cm³/mol. The SMILES string of the molecule is COc1ccc(CCC(N)c2nccnc2OC)cc1. The molecule has 106 valence electrons. The van der Waals surface area contributed by atoms with Crippen LogP contribution in [0, 0.1) is 0 Å². The molecule has 0 aliphatic carbocycles. The zero-order valence-electron chi connectivity index (χ0n) is 11.7. The van der Waals surface area contributed by atoms with Crippen LogP contribution in [0.2, 0.25) is 0 Å². The average Bonchev–Trinajstić information content (AvgIpc) is 2.53. The fraction of sp³-hybridized carbons (Fsp3) is 0.333. The van der Waals surface area contributed by atoms with Crippen LogP contribution in [0.15, 0.2) is 36.7 Å². The lowest BCUT2D eigenvalue weighted by Crippen LogP contribution is -2.15. The monoisotopic (exact) mass is 273 g/mol. The second-order valence-electron chi connectivity index (χ2n) is 4.44. The highest BCUT2D eigenvalue weighted by molar-refractivity contribution is 5.27. The Bertz CT molecular complexity index is 543. The van der Waals surface area contributed by atoms with Crippen LogP contribution < -0.4 is 15.2 Å². The van der Waals surface area contributed by atoms with E-state index < -0.39 is 0 Å². The Labute approximate surface area is 118 Å². The first kappa shape index (κ1) is 14.3. The van der Waals surface area contributed by atoms with Gasteiger partial charge in [0.2, 0.25) is 5.88 Å². The third kappa shape index (κ3) is 3.45. The molecule has 1 aromatic carbocycles. The first-order chi connectivity index (χ1) is 9.74. The zero-order chi connectivity index (χ0) is 14.4. The Morgan fingerprint density at radius 1 is 1.05 bits per heavy atom. The van der Waals surface area contributed by atoms with Gasteiger partial charge in [0.1, 0.15) is 11.4 Å². The highest BCUT2D eigenvalue weighted by Crippen LogP contribution is 2.22. The number of nitrogens with zero attached hydrogens (tertiary/aromatic N) is 2. The van der Waals surface area contributed by atoms with E-state index >= 15 is 0 Å². The Balaban J connectivity index is 1.98. The maximum absolute atomic E-state index is 6.17. The normalized spacial score (nSPS) is 11.9. The van der Waals surface area contributed by atoms with E-state index in [1.165, 1.54) is 5.56 Å². The number of ether oxygens (including phenoxy) is 2. The Morgan fingerprint density at radius 3 is 2.40 bits per heavy atom. The van der Waals surface area contributed by atoms with Gasteiger partial charge >= 0.3 is 0 Å². The van der Waals surface area contributed by atoms with Gasteiger partial charge in [0.05, 0.1) is 20.3 Å². The summed E-state index contributed by atoms with van der Waals surface area (Å²) in [5.74, 6) is 1.35. The average molecular weight is 273 g/mol. The number of aryl methyl sites for hydroxylation is 1. The molecule has 0 spiro atoms. The molecule has 1 heterocycles. The minimum atomic E-state index is -0.194. The minimum absolute atomic E-state index is 0.194. The first-order valence-corrected chi connectivity index (χ1v) is 6.48. The third-order valence-electron chi connectivity index (χ3n) is 3.14. The van der Waals surface area contributed by atoms with Gasteiger partial charge in [0.15, 0.2) is 0 Å². The maximum atomic E-state index is 6.17. The zero-order valence-corrected chi connectivity index (χ0v) is 11.7. The van der Waals surface area contributed by atoms with Gasteiger partial charge in [-0.05, 0) is 30.5 Å². The topological polar surface area (TPSA) is 70.3 Å². The summed E-state index contributed by atoms with van der Waals surface area (Å²) in [6, 6.07) is 7.78. The Hall–Kier alpha value is -2.14. The van der Waals surface area contributed by atoms with Crippen LogP contribution in [0.4, 0.5) is 0 Å². The van der Waals surface area contributed by atoms with Gasteiger partial charge in [0, 0.05) is 12.4 Å². The molecule has 20 heavy (non-hydrogen) atoms. The molecule has 1 unspecified atom stereocenters. The van der Waals surface area contributed by atoms with E-state index in [0.717, 1.165) is 18.6 Å². The first-order valence-electron chi connectivity index (χ1n) is 6.48. The molecule has 2 N–H and O–H groups in total. The van der Waals surface area contributed by atoms with Crippen LogP contribution in [0.3, 0.4) is 0 Å². The van der Waals surface area contributed by atoms with Gasteiger partial charge < -0.3 is 15.2 Å². The molecule has 2 aromatic rings. The molecule has 0 fully saturated rings. The van der Waals surface area contributed by atoms with Crippen molar-refractivity contribution in [3.63, 3.8) is 0 Å². The molecule has 5 nitrogen and oxygen atoms in total. The van der Waals surface area contributed by atoms with E-state index in [0.29, 0.717) is 11.6 Å². The fourth-order valence-electron chi connectivity index (χ4n) is 2.00. The largest absolute Gasteiger partial charge is 0.497 e. The maximum Gasteiger partial charge on any atom is 0.236 e. The predicted octanol–water partition coefficient (Wildman–Crippen LogP) is 2.13. The van der Waals surface area contributed by atoms with Crippen molar-refractivity contribution in [1.29, 1.82) is 0 Å². The van der Waals surface area contributed by atoms with Crippen LogP contribution in [0.1, 0.15) is 23.7 Å².